The van der Waals surface area contributed by atoms with Gasteiger partial charge in [0, 0.05) is 26.2 Å². The minimum Gasteiger partial charge on any atom is -0.453 e. The van der Waals surface area contributed by atoms with Crippen LogP contribution in [0.5, 0.6) is 0 Å². The van der Waals surface area contributed by atoms with E-state index in [1.165, 1.54) is 14.2 Å². The zero-order valence-corrected chi connectivity index (χ0v) is 26.7. The molecule has 6 N–H and O–H groups in total. The van der Waals surface area contributed by atoms with Crippen molar-refractivity contribution < 1.29 is 47.7 Å². The molecule has 252 valence electrons. The number of benzene rings is 2. The van der Waals surface area contributed by atoms with Gasteiger partial charge in [0.2, 0.25) is 0 Å². The zero-order valence-electron chi connectivity index (χ0n) is 26.7. The summed E-state index contributed by atoms with van der Waals surface area (Å²) in [6.07, 6.45) is -4.55. The van der Waals surface area contributed by atoms with Crippen molar-refractivity contribution in [2.24, 2.45) is 17.1 Å². The molecular formula is C31H43N5O10. The Hall–Kier alpha value is -5.21. The third-order valence-corrected chi connectivity index (χ3v) is 7.30. The summed E-state index contributed by atoms with van der Waals surface area (Å²) in [4.78, 5) is 59.7. The number of ether oxygens (including phenoxy) is 5. The molecule has 0 bridgehead atoms. The first-order chi connectivity index (χ1) is 21.9. The van der Waals surface area contributed by atoms with E-state index in [0.29, 0.717) is 0 Å². The SMILES string of the molecule is COC(=O)NCc1cccc(CNC(=O)OCC(COC(N)=O)(C(C)C)[C@@H](C)OC(=O)NCc2cccc(CNC(=O)OC)c2)c1. The number of nitrogens with one attached hydrogen (secondary N) is 4. The van der Waals surface area contributed by atoms with Gasteiger partial charge in [-0.2, -0.15) is 0 Å². The van der Waals surface area contributed by atoms with Crippen LogP contribution in [0.4, 0.5) is 24.0 Å². The number of hydrogen-bond donors (Lipinski definition) is 5. The van der Waals surface area contributed by atoms with Gasteiger partial charge in [0.15, 0.2) is 0 Å². The maximum Gasteiger partial charge on any atom is 0.407 e. The molecule has 1 unspecified atom stereocenters. The largest absolute Gasteiger partial charge is 0.453 e. The fourth-order valence-electron chi connectivity index (χ4n) is 4.40. The summed E-state index contributed by atoms with van der Waals surface area (Å²) in [5.41, 5.74) is 7.20. The van der Waals surface area contributed by atoms with Crippen LogP contribution in [0.1, 0.15) is 43.0 Å². The standard InChI is InChI=1S/C31H43N5O10/c1-20(2)31(18-44-26(32)37,19-45-29(40)35-16-24-10-6-8-22(12-24)14-33-27(38)42-4)21(3)46-30(41)36-17-25-11-7-9-23(13-25)15-34-28(39)43-5/h6-13,20-21H,14-19H2,1-5H3,(H2,32,37)(H,33,38)(H,34,39)(H,35,40)(H,36,41)/t21-,31?/m1/s1. The average molecular weight is 646 g/mol. The first-order valence-electron chi connectivity index (χ1n) is 14.4. The first-order valence-corrected chi connectivity index (χ1v) is 14.4. The van der Waals surface area contributed by atoms with Crippen LogP contribution in [-0.2, 0) is 49.9 Å². The van der Waals surface area contributed by atoms with Gasteiger partial charge in [-0.3, -0.25) is 0 Å². The van der Waals surface area contributed by atoms with Gasteiger partial charge in [0.25, 0.3) is 0 Å². The Bertz CT molecular complexity index is 1340. The monoisotopic (exact) mass is 645 g/mol. The van der Waals surface area contributed by atoms with Crippen molar-refractivity contribution in [3.63, 3.8) is 0 Å². The van der Waals surface area contributed by atoms with E-state index in [9.17, 15) is 24.0 Å². The third kappa shape index (κ3) is 12.4. The fourth-order valence-corrected chi connectivity index (χ4v) is 4.40. The highest BCUT2D eigenvalue weighted by atomic mass is 16.6. The Kier molecular flexibility index (Phi) is 14.9. The molecule has 2 aromatic carbocycles. The smallest absolute Gasteiger partial charge is 0.407 e. The number of hydrogen-bond acceptors (Lipinski definition) is 10. The highest BCUT2D eigenvalue weighted by Crippen LogP contribution is 2.35. The summed E-state index contributed by atoms with van der Waals surface area (Å²) in [6, 6.07) is 14.4. The lowest BCUT2D eigenvalue weighted by Gasteiger charge is -2.40. The Labute approximate surface area is 267 Å². The molecule has 15 nitrogen and oxygen atoms in total. The molecule has 2 atom stereocenters. The molecule has 0 aliphatic carbocycles. The topological polar surface area (TPSA) is 206 Å². The summed E-state index contributed by atoms with van der Waals surface area (Å²) < 4.78 is 25.5. The van der Waals surface area contributed by atoms with E-state index in [4.69, 9.17) is 19.9 Å². The summed E-state index contributed by atoms with van der Waals surface area (Å²) in [5.74, 6) is -0.305. The van der Waals surface area contributed by atoms with Crippen molar-refractivity contribution in [2.75, 3.05) is 27.4 Å². The first kappa shape index (κ1) is 37.0. The molecule has 0 saturated carbocycles. The van der Waals surface area contributed by atoms with Crippen LogP contribution in [0.2, 0.25) is 0 Å². The van der Waals surface area contributed by atoms with Crippen molar-refractivity contribution in [1.82, 2.24) is 21.3 Å². The van der Waals surface area contributed by atoms with Crippen LogP contribution < -0.4 is 27.0 Å². The molecule has 0 aliphatic heterocycles. The van der Waals surface area contributed by atoms with Crippen molar-refractivity contribution in [3.8, 4) is 0 Å². The lowest BCUT2D eigenvalue weighted by atomic mass is 9.74. The molecule has 2 rings (SSSR count). The van der Waals surface area contributed by atoms with E-state index in [1.807, 2.05) is 26.0 Å². The van der Waals surface area contributed by atoms with E-state index < -0.39 is 42.0 Å². The number of rotatable bonds is 15. The predicted octanol–water partition coefficient (Wildman–Crippen LogP) is 3.68. The maximum absolute atomic E-state index is 12.8. The van der Waals surface area contributed by atoms with Gasteiger partial charge in [-0.05, 0) is 35.1 Å². The molecule has 0 aliphatic rings. The molecule has 0 heterocycles. The summed E-state index contributed by atoms with van der Waals surface area (Å²) in [7, 11) is 2.55. The number of methoxy groups -OCH3 is 2. The van der Waals surface area contributed by atoms with Crippen LogP contribution in [0.3, 0.4) is 0 Å². The van der Waals surface area contributed by atoms with Crippen molar-refractivity contribution >= 4 is 30.5 Å². The Balaban J connectivity index is 2.01. The molecule has 0 spiro atoms. The number of primary amides is 1. The van der Waals surface area contributed by atoms with Gasteiger partial charge < -0.3 is 50.7 Å². The maximum atomic E-state index is 12.8. The molecule has 0 saturated heterocycles. The van der Waals surface area contributed by atoms with Crippen LogP contribution >= 0.6 is 0 Å². The highest BCUT2D eigenvalue weighted by molar-refractivity contribution is 5.69. The number of amides is 5. The van der Waals surface area contributed by atoms with Crippen LogP contribution in [0.15, 0.2) is 48.5 Å². The average Bonchev–Trinajstić information content (AvgIpc) is 3.04. The zero-order chi connectivity index (χ0) is 34.1. The van der Waals surface area contributed by atoms with Gasteiger partial charge >= 0.3 is 30.5 Å². The van der Waals surface area contributed by atoms with Crippen LogP contribution in [-0.4, -0.2) is 64.0 Å². The van der Waals surface area contributed by atoms with Gasteiger partial charge in [-0.1, -0.05) is 62.4 Å². The number of nitrogens with two attached hydrogens (primary N) is 1. The van der Waals surface area contributed by atoms with E-state index >= 15 is 0 Å². The lowest BCUT2D eigenvalue weighted by Crippen LogP contribution is -2.50. The van der Waals surface area contributed by atoms with Crippen molar-refractivity contribution in [3.05, 3.63) is 70.8 Å². The van der Waals surface area contributed by atoms with E-state index in [1.54, 1.807) is 43.3 Å². The Morgan fingerprint density at radius 1 is 0.652 bits per heavy atom. The van der Waals surface area contributed by atoms with E-state index in [-0.39, 0.29) is 45.3 Å². The van der Waals surface area contributed by atoms with E-state index in [2.05, 4.69) is 30.7 Å². The molecule has 0 aromatic heterocycles. The van der Waals surface area contributed by atoms with Crippen molar-refractivity contribution in [2.45, 2.75) is 53.1 Å². The van der Waals surface area contributed by atoms with Gasteiger partial charge in [-0.15, -0.1) is 0 Å². The third-order valence-electron chi connectivity index (χ3n) is 7.30. The van der Waals surface area contributed by atoms with Gasteiger partial charge in [-0.25, -0.2) is 24.0 Å². The second-order valence-electron chi connectivity index (χ2n) is 10.7. The van der Waals surface area contributed by atoms with E-state index in [0.717, 1.165) is 22.3 Å². The summed E-state index contributed by atoms with van der Waals surface area (Å²) in [5, 5.41) is 10.5. The minimum absolute atomic E-state index is 0.128. The molecule has 15 heteroatoms. The van der Waals surface area contributed by atoms with Gasteiger partial charge in [0.05, 0.1) is 19.6 Å². The molecule has 2 aromatic rings. The van der Waals surface area contributed by atoms with Crippen molar-refractivity contribution in [1.29, 1.82) is 0 Å². The van der Waals surface area contributed by atoms with Crippen LogP contribution in [0.25, 0.3) is 0 Å². The molecular weight excluding hydrogens is 602 g/mol. The number of carbonyl (C=O) groups is 5. The lowest BCUT2D eigenvalue weighted by molar-refractivity contribution is -0.0819. The minimum atomic E-state index is -1.15. The normalized spacial score (nSPS) is 12.5. The second kappa shape index (κ2) is 18.6. The quantitative estimate of drug-likeness (QED) is 0.178. The molecule has 0 radical (unpaired) electrons. The van der Waals surface area contributed by atoms with Gasteiger partial charge in [0.1, 0.15) is 19.3 Å². The predicted molar refractivity (Wildman–Crippen MR) is 165 cm³/mol. The number of carbonyl (C=O) groups excluding carboxylic acids is 5. The second-order valence-corrected chi connectivity index (χ2v) is 10.7. The summed E-state index contributed by atoms with van der Waals surface area (Å²) >= 11 is 0. The number of alkyl carbamates (subject to hydrolysis) is 4. The van der Waals surface area contributed by atoms with Crippen LogP contribution in [0, 0.1) is 11.3 Å². The molecule has 0 fully saturated rings. The Morgan fingerprint density at radius 2 is 1.04 bits per heavy atom. The summed E-state index contributed by atoms with van der Waals surface area (Å²) in [6.45, 7) is 5.42. The Morgan fingerprint density at radius 3 is 1.43 bits per heavy atom. The fraction of sp³-hybridized carbons (Fsp3) is 0.452. The highest BCUT2D eigenvalue weighted by Gasteiger charge is 2.45. The molecule has 46 heavy (non-hydrogen) atoms. The molecule has 5 amide bonds.